The molecule has 0 bridgehead atoms. The lowest BCUT2D eigenvalue weighted by molar-refractivity contribution is -0.152. The molecule has 7 heteroatoms. The molecule has 2 amide bonds. The molecule has 0 radical (unpaired) electrons. The van der Waals surface area contributed by atoms with Crippen molar-refractivity contribution in [3.05, 3.63) is 39.9 Å². The predicted molar refractivity (Wildman–Crippen MR) is 97.8 cm³/mol. The fourth-order valence-corrected chi connectivity index (χ4v) is 3.76. The minimum atomic E-state index is -0.969. The normalized spacial score (nSPS) is 18.9. The summed E-state index contributed by atoms with van der Waals surface area (Å²) in [5.41, 5.74) is 1.05. The second-order valence-corrected chi connectivity index (χ2v) is 7.16. The second-order valence-electron chi connectivity index (χ2n) is 6.76. The quantitative estimate of drug-likeness (QED) is 0.805. The van der Waals surface area contributed by atoms with Gasteiger partial charge < -0.3 is 15.0 Å². The van der Waals surface area contributed by atoms with Gasteiger partial charge in [-0.2, -0.15) is 0 Å². The van der Waals surface area contributed by atoms with Gasteiger partial charge in [0, 0.05) is 49.1 Å². The van der Waals surface area contributed by atoms with Gasteiger partial charge in [-0.05, 0) is 31.5 Å². The summed E-state index contributed by atoms with van der Waals surface area (Å²) in [6.45, 7) is 5.83. The molecule has 2 aliphatic rings. The Morgan fingerprint density at radius 2 is 1.88 bits per heavy atom. The van der Waals surface area contributed by atoms with Crippen molar-refractivity contribution >= 4 is 35.1 Å². The molecule has 2 aliphatic heterocycles. The molecule has 0 aliphatic carbocycles. The van der Waals surface area contributed by atoms with E-state index in [1.54, 1.807) is 30.0 Å². The van der Waals surface area contributed by atoms with Crippen LogP contribution in [0.1, 0.15) is 32.3 Å². The number of rotatable bonds is 2. The number of piperidine rings is 1. The third-order valence-corrected chi connectivity index (χ3v) is 5.59. The third kappa shape index (κ3) is 3.09. The van der Waals surface area contributed by atoms with Crippen LogP contribution in [0.2, 0.25) is 5.02 Å². The van der Waals surface area contributed by atoms with Crippen molar-refractivity contribution in [1.29, 1.82) is 0 Å². The number of nitrogens with one attached hydrogen (secondary N) is 1. The summed E-state index contributed by atoms with van der Waals surface area (Å²) in [7, 11) is 0. The third-order valence-electron chi connectivity index (χ3n) is 5.18. The van der Waals surface area contributed by atoms with Crippen molar-refractivity contribution in [2.75, 3.05) is 18.4 Å². The summed E-state index contributed by atoms with van der Waals surface area (Å²) >= 11 is 6.12. The number of anilines is 1. The van der Waals surface area contributed by atoms with Gasteiger partial charge in [-0.1, -0.05) is 17.7 Å². The topological polar surface area (TPSA) is 75.7 Å². The summed E-state index contributed by atoms with van der Waals surface area (Å²) in [4.78, 5) is 38.5. The Morgan fingerprint density at radius 1 is 1.23 bits per heavy atom. The Labute approximate surface area is 157 Å². The van der Waals surface area contributed by atoms with Crippen molar-refractivity contribution in [3.8, 4) is 0 Å². The molecule has 1 aromatic rings. The predicted octanol–water partition coefficient (Wildman–Crippen LogP) is 2.84. The molecule has 138 valence electrons. The van der Waals surface area contributed by atoms with Gasteiger partial charge in [-0.25, -0.2) is 4.79 Å². The largest absolute Gasteiger partial charge is 0.450 e. The number of likely N-dealkylation sites (tertiary alicyclic amines) is 1. The van der Waals surface area contributed by atoms with Crippen LogP contribution in [0.4, 0.5) is 5.69 Å². The minimum Gasteiger partial charge on any atom is -0.450 e. The highest BCUT2D eigenvalue weighted by molar-refractivity contribution is 6.31. The lowest BCUT2D eigenvalue weighted by Crippen LogP contribution is -2.49. The number of halogens is 1. The van der Waals surface area contributed by atoms with Crippen LogP contribution in [0.5, 0.6) is 0 Å². The van der Waals surface area contributed by atoms with Gasteiger partial charge in [-0.15, -0.1) is 0 Å². The molecule has 26 heavy (non-hydrogen) atoms. The fourth-order valence-electron chi connectivity index (χ4n) is 3.59. The van der Waals surface area contributed by atoms with E-state index in [1.807, 2.05) is 6.92 Å². The number of hydrogen-bond donors (Lipinski definition) is 1. The minimum absolute atomic E-state index is 0.0228. The number of amides is 2. The Hall–Kier alpha value is -2.34. The number of ether oxygens (including phenoxy) is 1. The van der Waals surface area contributed by atoms with Crippen LogP contribution in [0.3, 0.4) is 0 Å². The molecule has 0 atom stereocenters. The summed E-state index contributed by atoms with van der Waals surface area (Å²) in [6, 6.07) is 5.26. The maximum Gasteiger partial charge on any atom is 0.335 e. The molecule has 2 heterocycles. The molecule has 0 saturated carbocycles. The average molecular weight is 377 g/mol. The standard InChI is InChI=1S/C19H21ClN2O4/c1-11-14(20)5-4-6-15(11)21-17(24)16-12(2)18(25)26-19(16)7-9-22(10-8-19)13(3)23/h4-6H,7-10H2,1-3H3,(H,21,24). The Kier molecular flexibility index (Phi) is 4.80. The van der Waals surface area contributed by atoms with Crippen LogP contribution < -0.4 is 5.32 Å². The van der Waals surface area contributed by atoms with Gasteiger partial charge in [0.05, 0.1) is 5.57 Å². The first-order chi connectivity index (χ1) is 12.2. The van der Waals surface area contributed by atoms with Crippen molar-refractivity contribution < 1.29 is 19.1 Å². The zero-order chi connectivity index (χ0) is 19.1. The van der Waals surface area contributed by atoms with E-state index in [2.05, 4.69) is 5.32 Å². The first kappa shape index (κ1) is 18.5. The maximum atomic E-state index is 13.0. The van der Waals surface area contributed by atoms with E-state index in [0.717, 1.165) is 5.56 Å². The van der Waals surface area contributed by atoms with Crippen molar-refractivity contribution in [3.63, 3.8) is 0 Å². The van der Waals surface area contributed by atoms with Crippen LogP contribution >= 0.6 is 11.6 Å². The first-order valence-electron chi connectivity index (χ1n) is 8.52. The number of nitrogens with zero attached hydrogens (tertiary/aromatic N) is 1. The molecule has 0 aromatic heterocycles. The zero-order valence-corrected chi connectivity index (χ0v) is 15.8. The Morgan fingerprint density at radius 3 is 2.50 bits per heavy atom. The summed E-state index contributed by atoms with van der Waals surface area (Å²) in [5, 5.41) is 3.41. The summed E-state index contributed by atoms with van der Waals surface area (Å²) in [5.74, 6) is -0.866. The Bertz CT molecular complexity index is 823. The van der Waals surface area contributed by atoms with Crippen molar-refractivity contribution in [2.45, 2.75) is 39.2 Å². The van der Waals surface area contributed by atoms with Gasteiger partial charge in [-0.3, -0.25) is 9.59 Å². The molecule has 3 rings (SSSR count). The molecule has 6 nitrogen and oxygen atoms in total. The second kappa shape index (κ2) is 6.76. The molecule has 1 fully saturated rings. The van der Waals surface area contributed by atoms with Gasteiger partial charge in [0.25, 0.3) is 5.91 Å². The average Bonchev–Trinajstić information content (AvgIpc) is 2.82. The van der Waals surface area contributed by atoms with Gasteiger partial charge >= 0.3 is 5.97 Å². The number of esters is 1. The number of benzene rings is 1. The highest BCUT2D eigenvalue weighted by atomic mass is 35.5. The van der Waals surface area contributed by atoms with Crippen molar-refractivity contribution in [1.82, 2.24) is 4.90 Å². The van der Waals surface area contributed by atoms with Crippen LogP contribution in [-0.2, 0) is 19.1 Å². The van der Waals surface area contributed by atoms with E-state index in [1.165, 1.54) is 6.92 Å². The van der Waals surface area contributed by atoms with E-state index in [4.69, 9.17) is 16.3 Å². The fraction of sp³-hybridized carbons (Fsp3) is 0.421. The van der Waals surface area contributed by atoms with E-state index in [9.17, 15) is 14.4 Å². The van der Waals surface area contributed by atoms with E-state index < -0.39 is 11.6 Å². The molecule has 1 spiro atoms. The lowest BCUT2D eigenvalue weighted by Gasteiger charge is -2.39. The lowest BCUT2D eigenvalue weighted by atomic mass is 9.82. The zero-order valence-electron chi connectivity index (χ0n) is 15.0. The van der Waals surface area contributed by atoms with Gasteiger partial charge in [0.1, 0.15) is 5.60 Å². The number of carbonyl (C=O) groups excluding carboxylic acids is 3. The van der Waals surface area contributed by atoms with Crippen LogP contribution in [-0.4, -0.2) is 41.4 Å². The maximum absolute atomic E-state index is 13.0. The molecule has 1 saturated heterocycles. The molecule has 1 aromatic carbocycles. The molecule has 0 unspecified atom stereocenters. The van der Waals surface area contributed by atoms with E-state index >= 15 is 0 Å². The molecule has 1 N–H and O–H groups in total. The highest BCUT2D eigenvalue weighted by Crippen LogP contribution is 2.41. The number of hydrogen-bond acceptors (Lipinski definition) is 4. The van der Waals surface area contributed by atoms with Crippen LogP contribution in [0, 0.1) is 6.92 Å². The van der Waals surface area contributed by atoms with Crippen molar-refractivity contribution in [2.24, 2.45) is 0 Å². The summed E-state index contributed by atoms with van der Waals surface area (Å²) in [6.07, 6.45) is 0.819. The van der Waals surface area contributed by atoms with Crippen LogP contribution in [0.15, 0.2) is 29.3 Å². The first-order valence-corrected chi connectivity index (χ1v) is 8.89. The van der Waals surface area contributed by atoms with E-state index in [-0.39, 0.29) is 11.8 Å². The monoisotopic (exact) mass is 376 g/mol. The molecular weight excluding hydrogens is 356 g/mol. The summed E-state index contributed by atoms with van der Waals surface area (Å²) < 4.78 is 5.62. The Balaban J connectivity index is 1.88. The smallest absolute Gasteiger partial charge is 0.335 e. The van der Waals surface area contributed by atoms with E-state index in [0.29, 0.717) is 47.8 Å². The SMILES string of the molecule is CC(=O)N1CCC2(CC1)OC(=O)C(C)=C2C(=O)Nc1cccc(Cl)c1C. The highest BCUT2D eigenvalue weighted by Gasteiger charge is 2.51. The van der Waals surface area contributed by atoms with Crippen LogP contribution in [0.25, 0.3) is 0 Å². The van der Waals surface area contributed by atoms with Gasteiger partial charge in [0.15, 0.2) is 0 Å². The number of carbonyl (C=O) groups is 3. The molecular formula is C19H21ClN2O4. The van der Waals surface area contributed by atoms with Gasteiger partial charge in [0.2, 0.25) is 5.91 Å².